The molecule has 0 aliphatic carbocycles. The molecule has 3 aromatic carbocycles. The van der Waals surface area contributed by atoms with E-state index in [1.807, 2.05) is 36.4 Å². The summed E-state index contributed by atoms with van der Waals surface area (Å²) in [5.41, 5.74) is 1.64. The normalized spacial score (nSPS) is 11.2. The number of thiophene rings is 1. The van der Waals surface area contributed by atoms with Crippen LogP contribution in [0.2, 0.25) is 0 Å². The zero-order valence-electron chi connectivity index (χ0n) is 11.8. The Hall–Kier alpha value is -2.24. The van der Waals surface area contributed by atoms with Gasteiger partial charge in [-0.05, 0) is 45.8 Å². The van der Waals surface area contributed by atoms with Gasteiger partial charge in [-0.1, -0.05) is 30.3 Å². The number of para-hydroxylation sites is 1. The van der Waals surface area contributed by atoms with Crippen molar-refractivity contribution in [3.8, 4) is 11.1 Å². The summed E-state index contributed by atoms with van der Waals surface area (Å²) < 4.78 is 3.44. The molecular weight excluding hydrogens is 374 g/mol. The van der Waals surface area contributed by atoms with E-state index < -0.39 is 0 Å². The summed E-state index contributed by atoms with van der Waals surface area (Å²) in [7, 11) is 0. The number of nitro groups is 1. The van der Waals surface area contributed by atoms with Crippen molar-refractivity contribution in [3.05, 3.63) is 75.3 Å². The predicted molar refractivity (Wildman–Crippen MR) is 99.1 cm³/mol. The molecule has 0 amide bonds. The largest absolute Gasteiger partial charge is 0.277 e. The third kappa shape index (κ3) is 2.33. The standard InChI is InChI=1S/C18H10BrNO2S/c19-15-6-3-5-13-14-10-11(8-9-17(14)23-18(13)15)12-4-1-2-7-16(12)20(21)22/h1-10H. The second kappa shape index (κ2) is 5.44. The Morgan fingerprint density at radius 2 is 1.78 bits per heavy atom. The van der Waals surface area contributed by atoms with Crippen molar-refractivity contribution < 1.29 is 4.92 Å². The molecule has 0 aliphatic heterocycles. The van der Waals surface area contributed by atoms with Gasteiger partial charge in [0.1, 0.15) is 0 Å². The van der Waals surface area contributed by atoms with E-state index in [4.69, 9.17) is 0 Å². The maximum absolute atomic E-state index is 11.3. The molecule has 4 aromatic rings. The van der Waals surface area contributed by atoms with Crippen molar-refractivity contribution in [1.29, 1.82) is 0 Å². The van der Waals surface area contributed by atoms with Gasteiger partial charge < -0.3 is 0 Å². The summed E-state index contributed by atoms with van der Waals surface area (Å²) in [6.45, 7) is 0. The Labute approximate surface area is 144 Å². The first-order valence-corrected chi connectivity index (χ1v) is 8.60. The summed E-state index contributed by atoms with van der Waals surface area (Å²) in [6.07, 6.45) is 0. The first-order valence-electron chi connectivity index (χ1n) is 7.00. The Morgan fingerprint density at radius 3 is 2.61 bits per heavy atom. The Bertz CT molecular complexity index is 1070. The lowest BCUT2D eigenvalue weighted by Gasteiger charge is -2.03. The summed E-state index contributed by atoms with van der Waals surface area (Å²) in [5, 5.41) is 13.6. The molecule has 23 heavy (non-hydrogen) atoms. The highest BCUT2D eigenvalue weighted by Crippen LogP contribution is 2.40. The quantitative estimate of drug-likeness (QED) is 0.297. The van der Waals surface area contributed by atoms with Crippen molar-refractivity contribution in [2.75, 3.05) is 0 Å². The molecule has 4 rings (SSSR count). The van der Waals surface area contributed by atoms with Crippen molar-refractivity contribution >= 4 is 53.1 Å². The summed E-state index contributed by atoms with van der Waals surface area (Å²) in [5.74, 6) is 0. The van der Waals surface area contributed by atoms with Crippen LogP contribution < -0.4 is 0 Å². The second-order valence-electron chi connectivity index (χ2n) is 5.20. The van der Waals surface area contributed by atoms with E-state index >= 15 is 0 Å². The van der Waals surface area contributed by atoms with Crippen molar-refractivity contribution in [1.82, 2.24) is 0 Å². The fraction of sp³-hybridized carbons (Fsp3) is 0. The molecular formula is C18H10BrNO2S. The number of benzene rings is 3. The molecule has 0 bridgehead atoms. The van der Waals surface area contributed by atoms with Crippen molar-refractivity contribution in [2.45, 2.75) is 0 Å². The molecule has 3 nitrogen and oxygen atoms in total. The van der Waals surface area contributed by atoms with E-state index in [0.29, 0.717) is 5.56 Å². The summed E-state index contributed by atoms with van der Waals surface area (Å²) >= 11 is 5.31. The van der Waals surface area contributed by atoms with Gasteiger partial charge in [0.2, 0.25) is 0 Å². The van der Waals surface area contributed by atoms with Gasteiger partial charge in [0.25, 0.3) is 5.69 Å². The van der Waals surface area contributed by atoms with Crippen LogP contribution in [0.25, 0.3) is 31.3 Å². The van der Waals surface area contributed by atoms with Crippen LogP contribution in [0.3, 0.4) is 0 Å². The second-order valence-corrected chi connectivity index (χ2v) is 7.11. The molecule has 0 saturated heterocycles. The Morgan fingerprint density at radius 1 is 0.957 bits per heavy atom. The maximum Gasteiger partial charge on any atom is 0.277 e. The third-order valence-corrected chi connectivity index (χ3v) is 6.00. The molecule has 112 valence electrons. The summed E-state index contributed by atoms with van der Waals surface area (Å²) in [4.78, 5) is 10.9. The van der Waals surface area contributed by atoms with E-state index in [1.165, 1.54) is 14.8 Å². The van der Waals surface area contributed by atoms with Gasteiger partial charge in [-0.25, -0.2) is 0 Å². The van der Waals surface area contributed by atoms with Crippen LogP contribution in [-0.2, 0) is 0 Å². The smallest absolute Gasteiger partial charge is 0.258 e. The van der Waals surface area contributed by atoms with Crippen molar-refractivity contribution in [2.24, 2.45) is 0 Å². The molecule has 0 saturated carbocycles. The van der Waals surface area contributed by atoms with E-state index in [1.54, 1.807) is 29.5 Å². The lowest BCUT2D eigenvalue weighted by atomic mass is 10.0. The number of rotatable bonds is 2. The van der Waals surface area contributed by atoms with E-state index in [-0.39, 0.29) is 10.6 Å². The molecule has 0 radical (unpaired) electrons. The highest BCUT2D eigenvalue weighted by atomic mass is 79.9. The third-order valence-electron chi connectivity index (χ3n) is 3.86. The number of nitro benzene ring substituents is 1. The zero-order chi connectivity index (χ0) is 16.0. The molecule has 0 fully saturated rings. The molecule has 5 heteroatoms. The van der Waals surface area contributed by atoms with Gasteiger partial charge in [-0.15, -0.1) is 11.3 Å². The van der Waals surface area contributed by atoms with Gasteiger partial charge in [0, 0.05) is 30.7 Å². The average molecular weight is 384 g/mol. The molecule has 0 unspecified atom stereocenters. The first kappa shape index (κ1) is 14.4. The Kier molecular flexibility index (Phi) is 3.39. The van der Waals surface area contributed by atoms with Gasteiger partial charge in [0.15, 0.2) is 0 Å². The Balaban J connectivity index is 2.01. The molecule has 0 spiro atoms. The van der Waals surface area contributed by atoms with Crippen LogP contribution in [0.5, 0.6) is 0 Å². The molecule has 1 aromatic heterocycles. The minimum Gasteiger partial charge on any atom is -0.258 e. The van der Waals surface area contributed by atoms with Crippen LogP contribution in [0.4, 0.5) is 5.69 Å². The minimum absolute atomic E-state index is 0.132. The van der Waals surface area contributed by atoms with Crippen LogP contribution in [0, 0.1) is 10.1 Å². The molecule has 0 aliphatic rings. The number of fused-ring (bicyclic) bond motifs is 3. The number of halogens is 1. The highest BCUT2D eigenvalue weighted by molar-refractivity contribution is 9.10. The highest BCUT2D eigenvalue weighted by Gasteiger charge is 2.15. The van der Waals surface area contributed by atoms with Crippen LogP contribution in [0.1, 0.15) is 0 Å². The lowest BCUT2D eigenvalue weighted by molar-refractivity contribution is -0.384. The van der Waals surface area contributed by atoms with E-state index in [2.05, 4.69) is 22.0 Å². The SMILES string of the molecule is O=[N+]([O-])c1ccccc1-c1ccc2sc3c(Br)cccc3c2c1. The fourth-order valence-corrected chi connectivity index (χ4v) is 4.51. The molecule has 1 heterocycles. The first-order chi connectivity index (χ1) is 11.1. The number of hydrogen-bond acceptors (Lipinski definition) is 3. The summed E-state index contributed by atoms with van der Waals surface area (Å²) in [6, 6.07) is 19.0. The maximum atomic E-state index is 11.3. The van der Waals surface area contributed by atoms with E-state index in [0.717, 1.165) is 15.4 Å². The van der Waals surface area contributed by atoms with Crippen LogP contribution >= 0.6 is 27.3 Å². The minimum atomic E-state index is -0.332. The monoisotopic (exact) mass is 383 g/mol. The average Bonchev–Trinajstić information content (AvgIpc) is 2.94. The molecule has 0 N–H and O–H groups in total. The van der Waals surface area contributed by atoms with Gasteiger partial charge in [0.05, 0.1) is 10.5 Å². The predicted octanol–water partition coefficient (Wildman–Crippen LogP) is 6.39. The zero-order valence-corrected chi connectivity index (χ0v) is 14.2. The van der Waals surface area contributed by atoms with Crippen LogP contribution in [-0.4, -0.2) is 4.92 Å². The van der Waals surface area contributed by atoms with Crippen molar-refractivity contribution in [3.63, 3.8) is 0 Å². The lowest BCUT2D eigenvalue weighted by Crippen LogP contribution is -1.91. The van der Waals surface area contributed by atoms with Gasteiger partial charge in [-0.3, -0.25) is 10.1 Å². The molecule has 0 atom stereocenters. The van der Waals surface area contributed by atoms with Gasteiger partial charge in [-0.2, -0.15) is 0 Å². The number of nitrogens with zero attached hydrogens (tertiary/aromatic N) is 1. The number of hydrogen-bond donors (Lipinski definition) is 0. The fourth-order valence-electron chi connectivity index (χ4n) is 2.81. The van der Waals surface area contributed by atoms with E-state index in [9.17, 15) is 10.1 Å². The van der Waals surface area contributed by atoms with Gasteiger partial charge >= 0.3 is 0 Å². The van der Waals surface area contributed by atoms with Crippen LogP contribution in [0.15, 0.2) is 65.1 Å². The topological polar surface area (TPSA) is 43.1 Å².